The van der Waals surface area contributed by atoms with Crippen molar-refractivity contribution in [3.8, 4) is 0 Å². The summed E-state index contributed by atoms with van der Waals surface area (Å²) in [6.07, 6.45) is 4.28. The van der Waals surface area contributed by atoms with Crippen molar-refractivity contribution < 1.29 is 12.8 Å². The van der Waals surface area contributed by atoms with Crippen LogP contribution in [-0.4, -0.2) is 19.8 Å². The molecule has 0 saturated heterocycles. The summed E-state index contributed by atoms with van der Waals surface area (Å²) in [5.41, 5.74) is -0.658. The molecule has 0 radical (unpaired) electrons. The molecule has 7 heteroatoms. The van der Waals surface area contributed by atoms with Crippen molar-refractivity contribution in [3.05, 3.63) is 29.0 Å². The molecule has 0 aliphatic heterocycles. The molecule has 0 unspecified atom stereocenters. The first kappa shape index (κ1) is 16.0. The Bertz CT molecular complexity index is 586. The standard InChI is InChI=1S/C13H16Cl2FNO2S/c14-9-13(6-2-1-3-7-13)17-20(18,19)12-8-10(16)4-5-11(12)15/h4-5,8,17H,1-3,6-7,9H2. The number of halogens is 3. The van der Waals surface area contributed by atoms with Crippen molar-refractivity contribution in [1.82, 2.24) is 4.72 Å². The SMILES string of the molecule is O=S(=O)(NC1(CCl)CCCCC1)c1cc(F)ccc1Cl. The smallest absolute Gasteiger partial charge is 0.207 e. The predicted molar refractivity (Wildman–Crippen MR) is 78.3 cm³/mol. The van der Waals surface area contributed by atoms with E-state index in [4.69, 9.17) is 23.2 Å². The topological polar surface area (TPSA) is 46.2 Å². The molecule has 0 spiro atoms. The number of alkyl halides is 1. The normalized spacial score (nSPS) is 18.9. The summed E-state index contributed by atoms with van der Waals surface area (Å²) in [5, 5.41) is -0.000526. The van der Waals surface area contributed by atoms with Gasteiger partial charge in [0, 0.05) is 11.4 Å². The monoisotopic (exact) mass is 339 g/mol. The molecule has 2 rings (SSSR count). The number of nitrogens with one attached hydrogen (secondary N) is 1. The van der Waals surface area contributed by atoms with E-state index < -0.39 is 21.4 Å². The molecule has 0 amide bonds. The Morgan fingerprint density at radius 1 is 1.25 bits per heavy atom. The summed E-state index contributed by atoms with van der Waals surface area (Å²) in [4.78, 5) is -0.241. The molecule has 1 aromatic rings. The fourth-order valence-corrected chi connectivity index (χ4v) is 4.90. The summed E-state index contributed by atoms with van der Waals surface area (Å²) in [6, 6.07) is 3.29. The van der Waals surface area contributed by atoms with E-state index in [0.717, 1.165) is 31.4 Å². The first-order chi connectivity index (χ1) is 9.38. The second-order valence-corrected chi connectivity index (χ2v) is 7.48. The summed E-state index contributed by atoms with van der Waals surface area (Å²) >= 11 is 11.8. The van der Waals surface area contributed by atoms with Crippen LogP contribution in [0.25, 0.3) is 0 Å². The summed E-state index contributed by atoms with van der Waals surface area (Å²) < 4.78 is 40.7. The molecule has 3 nitrogen and oxygen atoms in total. The van der Waals surface area contributed by atoms with Gasteiger partial charge in [0.25, 0.3) is 0 Å². The first-order valence-electron chi connectivity index (χ1n) is 6.44. The highest BCUT2D eigenvalue weighted by Crippen LogP contribution is 2.32. The van der Waals surface area contributed by atoms with Crippen molar-refractivity contribution >= 4 is 33.2 Å². The molecule has 0 aromatic heterocycles. The second-order valence-electron chi connectivity index (χ2n) is 5.15. The maximum Gasteiger partial charge on any atom is 0.242 e. The van der Waals surface area contributed by atoms with Gasteiger partial charge < -0.3 is 0 Å². The van der Waals surface area contributed by atoms with Gasteiger partial charge in [-0.15, -0.1) is 11.6 Å². The van der Waals surface area contributed by atoms with Gasteiger partial charge in [-0.1, -0.05) is 30.9 Å². The maximum absolute atomic E-state index is 13.3. The lowest BCUT2D eigenvalue weighted by atomic mass is 9.84. The minimum atomic E-state index is -3.89. The van der Waals surface area contributed by atoms with Crippen LogP contribution in [0.3, 0.4) is 0 Å². The van der Waals surface area contributed by atoms with Gasteiger partial charge in [-0.3, -0.25) is 0 Å². The molecule has 1 aromatic carbocycles. The van der Waals surface area contributed by atoms with Crippen LogP contribution < -0.4 is 4.72 Å². The van der Waals surface area contributed by atoms with Gasteiger partial charge in [-0.25, -0.2) is 17.5 Å². The highest BCUT2D eigenvalue weighted by atomic mass is 35.5. The average Bonchev–Trinajstić information content (AvgIpc) is 2.42. The Morgan fingerprint density at radius 3 is 2.50 bits per heavy atom. The van der Waals surface area contributed by atoms with Crippen LogP contribution in [0.5, 0.6) is 0 Å². The summed E-state index contributed by atoms with van der Waals surface area (Å²) in [5.74, 6) is -0.447. The minimum Gasteiger partial charge on any atom is -0.207 e. The maximum atomic E-state index is 13.3. The summed E-state index contributed by atoms with van der Waals surface area (Å²) in [7, 11) is -3.89. The summed E-state index contributed by atoms with van der Waals surface area (Å²) in [6.45, 7) is 0. The van der Waals surface area contributed by atoms with Gasteiger partial charge in [0.2, 0.25) is 10.0 Å². The van der Waals surface area contributed by atoms with Crippen LogP contribution in [-0.2, 0) is 10.0 Å². The number of hydrogen-bond donors (Lipinski definition) is 1. The van der Waals surface area contributed by atoms with Crippen molar-refractivity contribution in [2.75, 3.05) is 5.88 Å². The van der Waals surface area contributed by atoms with E-state index in [9.17, 15) is 12.8 Å². The van der Waals surface area contributed by atoms with Gasteiger partial charge in [0.05, 0.1) is 5.02 Å². The second kappa shape index (κ2) is 6.18. The van der Waals surface area contributed by atoms with Crippen LogP contribution in [0, 0.1) is 5.82 Å². The predicted octanol–water partition coefficient (Wildman–Crippen LogP) is 3.70. The van der Waals surface area contributed by atoms with Gasteiger partial charge in [0.15, 0.2) is 0 Å². The quantitative estimate of drug-likeness (QED) is 0.850. The molecule has 1 fully saturated rings. The molecule has 1 aliphatic rings. The first-order valence-corrected chi connectivity index (χ1v) is 8.83. The van der Waals surface area contributed by atoms with E-state index in [1.54, 1.807) is 0 Å². The van der Waals surface area contributed by atoms with E-state index in [0.29, 0.717) is 12.8 Å². The third-order valence-electron chi connectivity index (χ3n) is 3.60. The molecule has 20 heavy (non-hydrogen) atoms. The van der Waals surface area contributed by atoms with Gasteiger partial charge >= 0.3 is 0 Å². The number of sulfonamides is 1. The fraction of sp³-hybridized carbons (Fsp3) is 0.538. The molecular weight excluding hydrogens is 324 g/mol. The van der Waals surface area contributed by atoms with Crippen LogP contribution >= 0.6 is 23.2 Å². The van der Waals surface area contributed by atoms with E-state index in [2.05, 4.69) is 4.72 Å². The molecule has 1 aliphatic carbocycles. The minimum absolute atomic E-state index is 0.000526. The molecule has 0 heterocycles. The molecule has 112 valence electrons. The van der Waals surface area contributed by atoms with Crippen molar-refractivity contribution in [1.29, 1.82) is 0 Å². The molecule has 0 atom stereocenters. The number of rotatable bonds is 4. The van der Waals surface area contributed by atoms with Crippen molar-refractivity contribution in [3.63, 3.8) is 0 Å². The number of hydrogen-bond acceptors (Lipinski definition) is 2. The Labute approximate surface area is 128 Å². The largest absolute Gasteiger partial charge is 0.242 e. The lowest BCUT2D eigenvalue weighted by molar-refractivity contribution is 0.298. The van der Waals surface area contributed by atoms with Gasteiger partial charge in [0.1, 0.15) is 10.7 Å². The van der Waals surface area contributed by atoms with Crippen LogP contribution in [0.2, 0.25) is 5.02 Å². The Morgan fingerprint density at radius 2 is 1.90 bits per heavy atom. The number of benzene rings is 1. The highest BCUT2D eigenvalue weighted by Gasteiger charge is 2.36. The Balaban J connectivity index is 2.32. The van der Waals surface area contributed by atoms with Gasteiger partial charge in [-0.05, 0) is 31.0 Å². The lowest BCUT2D eigenvalue weighted by Crippen LogP contribution is -2.51. The van der Waals surface area contributed by atoms with E-state index in [1.165, 1.54) is 6.07 Å². The zero-order valence-corrected chi connectivity index (χ0v) is 13.2. The molecule has 0 bridgehead atoms. The third-order valence-corrected chi connectivity index (χ3v) is 6.17. The van der Waals surface area contributed by atoms with Crippen LogP contribution in [0.1, 0.15) is 32.1 Å². The van der Waals surface area contributed by atoms with E-state index in [1.807, 2.05) is 0 Å². The molecular formula is C13H16Cl2FNO2S. The van der Waals surface area contributed by atoms with Gasteiger partial charge in [-0.2, -0.15) is 0 Å². The van der Waals surface area contributed by atoms with Crippen molar-refractivity contribution in [2.45, 2.75) is 42.5 Å². The van der Waals surface area contributed by atoms with Crippen molar-refractivity contribution in [2.24, 2.45) is 0 Å². The zero-order chi connectivity index (χ0) is 14.8. The lowest BCUT2D eigenvalue weighted by Gasteiger charge is -2.36. The average molecular weight is 340 g/mol. The zero-order valence-electron chi connectivity index (χ0n) is 10.8. The van der Waals surface area contributed by atoms with Crippen LogP contribution in [0.4, 0.5) is 4.39 Å². The van der Waals surface area contributed by atoms with E-state index in [-0.39, 0.29) is 15.8 Å². The Hall–Kier alpha value is -0.360. The molecule has 1 saturated carbocycles. The van der Waals surface area contributed by atoms with Crippen LogP contribution in [0.15, 0.2) is 23.1 Å². The molecule has 1 N–H and O–H groups in total. The Kier molecular flexibility index (Phi) is 4.95. The third kappa shape index (κ3) is 3.45. The van der Waals surface area contributed by atoms with E-state index >= 15 is 0 Å². The highest BCUT2D eigenvalue weighted by molar-refractivity contribution is 7.89. The fourth-order valence-electron chi connectivity index (χ4n) is 2.51.